The molecule has 16 heavy (non-hydrogen) atoms. The minimum absolute atomic E-state index is 0.445. The third-order valence-corrected chi connectivity index (χ3v) is 4.03. The van der Waals surface area contributed by atoms with E-state index in [-0.39, 0.29) is 0 Å². The molecule has 0 bridgehead atoms. The molecule has 3 nitrogen and oxygen atoms in total. The highest BCUT2D eigenvalue weighted by atomic mass is 79.9. The maximum Gasteiger partial charge on any atom is 0.170 e. The van der Waals surface area contributed by atoms with E-state index in [0.717, 1.165) is 20.1 Å². The van der Waals surface area contributed by atoms with Crippen molar-refractivity contribution < 1.29 is 5.11 Å². The second-order valence-corrected chi connectivity index (χ2v) is 5.25. The lowest BCUT2D eigenvalue weighted by molar-refractivity contribution is 0.199. The van der Waals surface area contributed by atoms with Crippen LogP contribution in [0.4, 0.5) is 0 Å². The molecule has 0 fully saturated rings. The summed E-state index contributed by atoms with van der Waals surface area (Å²) in [5.74, 6) is 0. The summed E-state index contributed by atoms with van der Waals surface area (Å²) in [5, 5.41) is 10.3. The van der Waals surface area contributed by atoms with Crippen molar-refractivity contribution in [2.45, 2.75) is 23.1 Å². The monoisotopic (exact) mass is 298 g/mol. The Bertz CT molecular complexity index is 471. The Hall–Kier alpha value is -0.780. The van der Waals surface area contributed by atoms with Gasteiger partial charge in [-0.3, -0.25) is 0 Å². The van der Waals surface area contributed by atoms with Crippen LogP contribution in [0.1, 0.15) is 18.6 Å². The number of hydrogen-bond acceptors (Lipinski definition) is 3. The van der Waals surface area contributed by atoms with Gasteiger partial charge in [0.25, 0.3) is 0 Å². The van der Waals surface area contributed by atoms with E-state index in [4.69, 9.17) is 0 Å². The van der Waals surface area contributed by atoms with Gasteiger partial charge < -0.3 is 10.1 Å². The van der Waals surface area contributed by atoms with Gasteiger partial charge in [0.05, 0.1) is 6.10 Å². The molecule has 84 valence electrons. The first kappa shape index (κ1) is 11.7. The van der Waals surface area contributed by atoms with Gasteiger partial charge in [0.1, 0.15) is 0 Å². The fraction of sp³-hybridized carbons (Fsp3) is 0.182. The van der Waals surface area contributed by atoms with E-state index in [0.29, 0.717) is 0 Å². The minimum Gasteiger partial charge on any atom is -0.389 e. The second kappa shape index (κ2) is 5.03. The van der Waals surface area contributed by atoms with Gasteiger partial charge in [-0.25, -0.2) is 4.98 Å². The zero-order valence-corrected chi connectivity index (χ0v) is 11.0. The van der Waals surface area contributed by atoms with Crippen molar-refractivity contribution in [2.75, 3.05) is 0 Å². The number of H-pyrrole nitrogens is 1. The van der Waals surface area contributed by atoms with Crippen LogP contribution in [-0.4, -0.2) is 15.1 Å². The van der Waals surface area contributed by atoms with E-state index >= 15 is 0 Å². The number of imidazole rings is 1. The fourth-order valence-corrected chi connectivity index (χ4v) is 2.65. The van der Waals surface area contributed by atoms with Crippen molar-refractivity contribution in [1.82, 2.24) is 9.97 Å². The summed E-state index contributed by atoms with van der Waals surface area (Å²) in [4.78, 5) is 8.25. The highest BCUT2D eigenvalue weighted by molar-refractivity contribution is 9.10. The molecular formula is C11H11BrN2OS. The summed E-state index contributed by atoms with van der Waals surface area (Å²) in [6.45, 7) is 1.75. The maximum atomic E-state index is 9.45. The number of nitrogens with one attached hydrogen (secondary N) is 1. The van der Waals surface area contributed by atoms with Crippen molar-refractivity contribution in [3.8, 4) is 0 Å². The molecule has 2 N–H and O–H groups in total. The Morgan fingerprint density at radius 1 is 1.50 bits per heavy atom. The van der Waals surface area contributed by atoms with Gasteiger partial charge in [-0.1, -0.05) is 17.8 Å². The Morgan fingerprint density at radius 2 is 2.31 bits per heavy atom. The van der Waals surface area contributed by atoms with Gasteiger partial charge in [0, 0.05) is 21.8 Å². The lowest BCUT2D eigenvalue weighted by Crippen LogP contribution is -1.91. The predicted molar refractivity (Wildman–Crippen MR) is 67.5 cm³/mol. The Balaban J connectivity index is 2.23. The highest BCUT2D eigenvalue weighted by Gasteiger charge is 2.07. The Kier molecular flexibility index (Phi) is 3.68. The van der Waals surface area contributed by atoms with Crippen molar-refractivity contribution in [2.24, 2.45) is 0 Å². The topological polar surface area (TPSA) is 48.9 Å². The van der Waals surface area contributed by atoms with E-state index in [9.17, 15) is 5.11 Å². The van der Waals surface area contributed by atoms with E-state index < -0.39 is 6.10 Å². The highest BCUT2D eigenvalue weighted by Crippen LogP contribution is 2.33. The van der Waals surface area contributed by atoms with Crippen LogP contribution in [0.3, 0.4) is 0 Å². The van der Waals surface area contributed by atoms with Crippen LogP contribution < -0.4 is 0 Å². The largest absolute Gasteiger partial charge is 0.389 e. The molecule has 0 aliphatic rings. The SMILES string of the molecule is C[C@@H](O)c1ccc(Sc2ncc[nH]2)c(Br)c1. The zero-order chi connectivity index (χ0) is 11.5. The normalized spacial score (nSPS) is 12.7. The molecule has 1 heterocycles. The van der Waals surface area contributed by atoms with Crippen LogP contribution in [0.25, 0.3) is 0 Å². The van der Waals surface area contributed by atoms with Crippen LogP contribution in [0.2, 0.25) is 0 Å². The number of halogens is 1. The average Bonchev–Trinajstić information content (AvgIpc) is 2.73. The number of rotatable bonds is 3. The van der Waals surface area contributed by atoms with E-state index in [1.54, 1.807) is 31.1 Å². The van der Waals surface area contributed by atoms with Gasteiger partial charge in [0.15, 0.2) is 5.16 Å². The Morgan fingerprint density at radius 3 is 2.88 bits per heavy atom. The number of aromatic nitrogens is 2. The molecule has 0 radical (unpaired) electrons. The number of aliphatic hydroxyl groups is 1. The van der Waals surface area contributed by atoms with Crippen LogP contribution in [0.5, 0.6) is 0 Å². The number of nitrogens with zero attached hydrogens (tertiary/aromatic N) is 1. The van der Waals surface area contributed by atoms with Gasteiger partial charge in [-0.15, -0.1) is 0 Å². The number of aliphatic hydroxyl groups excluding tert-OH is 1. The van der Waals surface area contributed by atoms with Crippen LogP contribution in [0, 0.1) is 0 Å². The van der Waals surface area contributed by atoms with Gasteiger partial charge in [-0.2, -0.15) is 0 Å². The molecule has 0 unspecified atom stereocenters. The number of hydrogen-bond donors (Lipinski definition) is 2. The summed E-state index contributed by atoms with van der Waals surface area (Å²) < 4.78 is 0.965. The first-order valence-electron chi connectivity index (χ1n) is 4.81. The molecule has 0 amide bonds. The number of aromatic amines is 1. The van der Waals surface area contributed by atoms with E-state index in [1.165, 1.54) is 0 Å². The molecule has 0 aliphatic heterocycles. The number of benzene rings is 1. The molecule has 1 aromatic carbocycles. The summed E-state index contributed by atoms with van der Waals surface area (Å²) in [6, 6.07) is 5.82. The van der Waals surface area contributed by atoms with Crippen molar-refractivity contribution >= 4 is 27.7 Å². The quantitative estimate of drug-likeness (QED) is 0.913. The lowest BCUT2D eigenvalue weighted by atomic mass is 10.1. The predicted octanol–water partition coefficient (Wildman–Crippen LogP) is 3.38. The summed E-state index contributed by atoms with van der Waals surface area (Å²) in [7, 11) is 0. The third-order valence-electron chi connectivity index (χ3n) is 2.12. The molecule has 0 saturated heterocycles. The molecular weight excluding hydrogens is 288 g/mol. The molecule has 1 atom stereocenters. The van der Waals surface area contributed by atoms with Crippen LogP contribution in [0.15, 0.2) is 45.1 Å². The second-order valence-electron chi connectivity index (χ2n) is 3.36. The minimum atomic E-state index is -0.445. The van der Waals surface area contributed by atoms with Crippen molar-refractivity contribution in [1.29, 1.82) is 0 Å². The molecule has 0 saturated carbocycles. The molecule has 1 aromatic heterocycles. The fourth-order valence-electron chi connectivity index (χ4n) is 1.27. The molecule has 5 heteroatoms. The van der Waals surface area contributed by atoms with Crippen LogP contribution >= 0.6 is 27.7 Å². The summed E-state index contributed by atoms with van der Waals surface area (Å²) in [6.07, 6.45) is 3.07. The summed E-state index contributed by atoms with van der Waals surface area (Å²) in [5.41, 5.74) is 0.899. The molecule has 0 spiro atoms. The first-order chi connectivity index (χ1) is 7.66. The Labute approximate surface area is 106 Å². The lowest BCUT2D eigenvalue weighted by Gasteiger charge is -2.07. The van der Waals surface area contributed by atoms with Gasteiger partial charge >= 0.3 is 0 Å². The van der Waals surface area contributed by atoms with Crippen LogP contribution in [-0.2, 0) is 0 Å². The standard InChI is InChI=1S/C11H11BrN2OS/c1-7(15)8-2-3-10(9(12)6-8)16-11-13-4-5-14-11/h2-7,15H,1H3,(H,13,14)/t7-/m1/s1. The first-order valence-corrected chi connectivity index (χ1v) is 6.42. The zero-order valence-electron chi connectivity index (χ0n) is 8.64. The maximum absolute atomic E-state index is 9.45. The average molecular weight is 299 g/mol. The van der Waals surface area contributed by atoms with Gasteiger partial charge in [0.2, 0.25) is 0 Å². The van der Waals surface area contributed by atoms with Gasteiger partial charge in [-0.05, 0) is 40.5 Å². The summed E-state index contributed by atoms with van der Waals surface area (Å²) >= 11 is 5.03. The van der Waals surface area contributed by atoms with E-state index in [2.05, 4.69) is 25.9 Å². The molecule has 2 aromatic rings. The van der Waals surface area contributed by atoms with Crippen molar-refractivity contribution in [3.63, 3.8) is 0 Å². The molecule has 2 rings (SSSR count). The molecule has 0 aliphatic carbocycles. The third kappa shape index (κ3) is 2.66. The van der Waals surface area contributed by atoms with Crippen molar-refractivity contribution in [3.05, 3.63) is 40.6 Å². The smallest absolute Gasteiger partial charge is 0.170 e. The van der Waals surface area contributed by atoms with E-state index in [1.807, 2.05) is 18.2 Å².